The summed E-state index contributed by atoms with van der Waals surface area (Å²) in [5.41, 5.74) is 3.24. The zero-order valence-corrected chi connectivity index (χ0v) is 17.4. The van der Waals surface area contributed by atoms with E-state index < -0.39 is 9.84 Å². The van der Waals surface area contributed by atoms with E-state index in [1.165, 1.54) is 17.3 Å². The zero-order chi connectivity index (χ0) is 19.1. The highest BCUT2D eigenvalue weighted by Gasteiger charge is 2.49. The molecule has 1 amide bonds. The van der Waals surface area contributed by atoms with Crippen LogP contribution in [0, 0.1) is 19.8 Å². The molecule has 0 N–H and O–H groups in total. The summed E-state index contributed by atoms with van der Waals surface area (Å²) < 4.78 is 24.3. The molecule has 2 atom stereocenters. The summed E-state index contributed by atoms with van der Waals surface area (Å²) in [4.78, 5) is 19.0. The van der Waals surface area contributed by atoms with Crippen molar-refractivity contribution in [1.82, 2.24) is 0 Å². The van der Waals surface area contributed by atoms with Gasteiger partial charge in [-0.05, 0) is 49.9 Å². The molecule has 0 aromatic heterocycles. The first kappa shape index (κ1) is 19.4. The van der Waals surface area contributed by atoms with Crippen LogP contribution in [-0.2, 0) is 14.6 Å². The Bertz CT molecular complexity index is 844. The van der Waals surface area contributed by atoms with Crippen molar-refractivity contribution in [3.05, 3.63) is 29.3 Å². The molecule has 2 aliphatic rings. The standard InChI is InChI=1S/C19H26N2O3S2/c1-5-14(6-2)18(22)20-19-21(15-8-7-12(3)13(4)9-15)16-10-26(23,24)11-17(16)25-19/h7-9,14,16-17H,5-6,10-11H2,1-4H3/t16-,17-/m0/s1. The van der Waals surface area contributed by atoms with Crippen LogP contribution in [0.5, 0.6) is 0 Å². The fraction of sp³-hybridized carbons (Fsp3) is 0.579. The lowest BCUT2D eigenvalue weighted by molar-refractivity contribution is -0.121. The molecule has 2 saturated heterocycles. The first-order chi connectivity index (χ1) is 12.3. The minimum absolute atomic E-state index is 0.0603. The molecule has 0 bridgehead atoms. The van der Waals surface area contributed by atoms with Crippen molar-refractivity contribution in [1.29, 1.82) is 0 Å². The molecule has 0 aliphatic carbocycles. The molecule has 0 radical (unpaired) electrons. The first-order valence-corrected chi connectivity index (χ1v) is 11.8. The van der Waals surface area contributed by atoms with Crippen molar-refractivity contribution in [3.8, 4) is 0 Å². The summed E-state index contributed by atoms with van der Waals surface area (Å²) in [6, 6.07) is 5.93. The van der Waals surface area contributed by atoms with Gasteiger partial charge in [0.2, 0.25) is 0 Å². The summed E-state index contributed by atoms with van der Waals surface area (Å²) in [6.45, 7) is 8.08. The number of nitrogens with zero attached hydrogens (tertiary/aromatic N) is 2. The van der Waals surface area contributed by atoms with Crippen LogP contribution in [0.15, 0.2) is 23.2 Å². The Hall–Kier alpha value is -1.34. The number of hydrogen-bond acceptors (Lipinski definition) is 4. The lowest BCUT2D eigenvalue weighted by Gasteiger charge is -2.25. The molecule has 142 valence electrons. The monoisotopic (exact) mass is 394 g/mol. The van der Waals surface area contributed by atoms with Gasteiger partial charge in [0.25, 0.3) is 5.91 Å². The number of thioether (sulfide) groups is 1. The minimum Gasteiger partial charge on any atom is -0.316 e. The van der Waals surface area contributed by atoms with E-state index in [0.29, 0.717) is 5.17 Å². The Morgan fingerprint density at radius 1 is 1.23 bits per heavy atom. The molecule has 7 heteroatoms. The highest BCUT2D eigenvalue weighted by Crippen LogP contribution is 2.41. The summed E-state index contributed by atoms with van der Waals surface area (Å²) in [5, 5.41) is 0.588. The van der Waals surface area contributed by atoms with Crippen LogP contribution in [0.2, 0.25) is 0 Å². The van der Waals surface area contributed by atoms with Gasteiger partial charge in [0.05, 0.1) is 17.5 Å². The summed E-state index contributed by atoms with van der Waals surface area (Å²) in [6.07, 6.45) is 1.53. The molecule has 26 heavy (non-hydrogen) atoms. The second-order valence-corrected chi connectivity index (χ2v) is 10.5. The van der Waals surface area contributed by atoms with E-state index in [4.69, 9.17) is 0 Å². The number of aliphatic imine (C=N–C) groups is 1. The third kappa shape index (κ3) is 3.69. The maximum absolute atomic E-state index is 12.6. The van der Waals surface area contributed by atoms with Gasteiger partial charge < -0.3 is 4.90 Å². The second-order valence-electron chi connectivity index (χ2n) is 7.19. The van der Waals surface area contributed by atoms with Crippen molar-refractivity contribution in [2.45, 2.75) is 51.8 Å². The van der Waals surface area contributed by atoms with E-state index in [2.05, 4.69) is 11.1 Å². The normalized spacial score (nSPS) is 25.9. The highest BCUT2D eigenvalue weighted by atomic mass is 32.2. The minimum atomic E-state index is -3.04. The number of aryl methyl sites for hydroxylation is 2. The number of sulfone groups is 1. The SMILES string of the molecule is CCC(CC)C(=O)N=C1S[C@H]2CS(=O)(=O)C[C@@H]2N1c1ccc(C)c(C)c1. The number of rotatable bonds is 4. The number of amidine groups is 1. The van der Waals surface area contributed by atoms with E-state index in [1.807, 2.05) is 44.7 Å². The molecule has 0 saturated carbocycles. The Morgan fingerprint density at radius 2 is 1.92 bits per heavy atom. The molecule has 0 unspecified atom stereocenters. The molecule has 5 nitrogen and oxygen atoms in total. The van der Waals surface area contributed by atoms with Crippen LogP contribution in [0.3, 0.4) is 0 Å². The van der Waals surface area contributed by atoms with E-state index >= 15 is 0 Å². The van der Waals surface area contributed by atoms with Gasteiger partial charge >= 0.3 is 0 Å². The maximum atomic E-state index is 12.6. The van der Waals surface area contributed by atoms with Crippen LogP contribution >= 0.6 is 11.8 Å². The fourth-order valence-electron chi connectivity index (χ4n) is 3.57. The Morgan fingerprint density at radius 3 is 2.54 bits per heavy atom. The number of anilines is 1. The van der Waals surface area contributed by atoms with Gasteiger partial charge in [-0.15, -0.1) is 0 Å². The van der Waals surface area contributed by atoms with Crippen LogP contribution in [0.1, 0.15) is 37.8 Å². The average molecular weight is 395 g/mol. The third-order valence-corrected chi connectivity index (χ3v) is 8.59. The number of carbonyl (C=O) groups excluding carboxylic acids is 1. The third-order valence-electron chi connectivity index (χ3n) is 5.38. The van der Waals surface area contributed by atoms with E-state index in [9.17, 15) is 13.2 Å². The Balaban J connectivity index is 2.01. The van der Waals surface area contributed by atoms with Crippen LogP contribution in [0.25, 0.3) is 0 Å². The molecule has 2 aliphatic heterocycles. The smallest absolute Gasteiger partial charge is 0.251 e. The molecule has 0 spiro atoms. The average Bonchev–Trinajstić information content (AvgIpc) is 3.02. The van der Waals surface area contributed by atoms with Gasteiger partial charge in [-0.2, -0.15) is 4.99 Å². The second kappa shape index (κ2) is 7.35. The van der Waals surface area contributed by atoms with Gasteiger partial charge in [-0.25, -0.2) is 8.42 Å². The van der Waals surface area contributed by atoms with Gasteiger partial charge in [0, 0.05) is 16.9 Å². The first-order valence-electron chi connectivity index (χ1n) is 9.11. The Kier molecular flexibility index (Phi) is 5.49. The van der Waals surface area contributed by atoms with E-state index in [1.54, 1.807) is 0 Å². The summed E-state index contributed by atoms with van der Waals surface area (Å²) >= 11 is 1.44. The largest absolute Gasteiger partial charge is 0.316 e. The molecule has 2 fully saturated rings. The quantitative estimate of drug-likeness (QED) is 0.783. The van der Waals surface area contributed by atoms with Crippen LogP contribution < -0.4 is 4.90 Å². The highest BCUT2D eigenvalue weighted by molar-refractivity contribution is 8.16. The van der Waals surface area contributed by atoms with E-state index in [-0.39, 0.29) is 34.6 Å². The predicted octanol–water partition coefficient (Wildman–Crippen LogP) is 3.34. The molecule has 3 rings (SSSR count). The number of fused-ring (bicyclic) bond motifs is 1. The maximum Gasteiger partial charge on any atom is 0.251 e. The summed E-state index contributed by atoms with van der Waals surface area (Å²) in [7, 11) is -3.04. The van der Waals surface area contributed by atoms with Crippen LogP contribution in [-0.4, -0.2) is 42.3 Å². The molecule has 1 aromatic carbocycles. The van der Waals surface area contributed by atoms with Crippen molar-refractivity contribution in [2.75, 3.05) is 16.4 Å². The molecular weight excluding hydrogens is 368 g/mol. The molecular formula is C19H26N2O3S2. The van der Waals surface area contributed by atoms with Gasteiger partial charge in [-0.3, -0.25) is 4.79 Å². The topological polar surface area (TPSA) is 66.8 Å². The van der Waals surface area contributed by atoms with Gasteiger partial charge in [-0.1, -0.05) is 31.7 Å². The molecule has 1 aromatic rings. The van der Waals surface area contributed by atoms with Crippen molar-refractivity contribution in [2.24, 2.45) is 10.9 Å². The zero-order valence-electron chi connectivity index (χ0n) is 15.7. The van der Waals surface area contributed by atoms with Crippen molar-refractivity contribution >= 4 is 38.4 Å². The van der Waals surface area contributed by atoms with Gasteiger partial charge in [0.1, 0.15) is 0 Å². The predicted molar refractivity (Wildman–Crippen MR) is 109 cm³/mol. The van der Waals surface area contributed by atoms with Crippen molar-refractivity contribution in [3.63, 3.8) is 0 Å². The van der Waals surface area contributed by atoms with E-state index in [0.717, 1.165) is 24.1 Å². The molecule has 2 heterocycles. The lowest BCUT2D eigenvalue weighted by atomic mass is 10.0. The van der Waals surface area contributed by atoms with Crippen LogP contribution in [0.4, 0.5) is 5.69 Å². The Labute approximate surface area is 160 Å². The number of hydrogen-bond donors (Lipinski definition) is 0. The number of amides is 1. The van der Waals surface area contributed by atoms with Gasteiger partial charge in [0.15, 0.2) is 15.0 Å². The van der Waals surface area contributed by atoms with Crippen molar-refractivity contribution < 1.29 is 13.2 Å². The lowest BCUT2D eigenvalue weighted by Crippen LogP contribution is -2.38. The summed E-state index contributed by atoms with van der Waals surface area (Å²) in [5.74, 6) is 0.0977. The number of benzene rings is 1. The fourth-order valence-corrected chi connectivity index (χ4v) is 7.48. The number of carbonyl (C=O) groups is 1.